The lowest BCUT2D eigenvalue weighted by Gasteiger charge is -2.31. The fourth-order valence-corrected chi connectivity index (χ4v) is 4.95. The molecular formula is C32H43N3O5. The summed E-state index contributed by atoms with van der Waals surface area (Å²) in [5.41, 5.74) is 2.76. The second-order valence-electron chi connectivity index (χ2n) is 11.3. The number of carbonyl (C=O) groups excluding carboxylic acids is 2. The van der Waals surface area contributed by atoms with Crippen molar-refractivity contribution in [3.8, 4) is 5.75 Å². The van der Waals surface area contributed by atoms with E-state index in [1.165, 1.54) is 0 Å². The third-order valence-corrected chi connectivity index (χ3v) is 6.82. The van der Waals surface area contributed by atoms with E-state index in [9.17, 15) is 14.4 Å². The van der Waals surface area contributed by atoms with Crippen LogP contribution in [0.15, 0.2) is 54.4 Å². The molecule has 1 heterocycles. The highest BCUT2D eigenvalue weighted by molar-refractivity contribution is 5.96. The van der Waals surface area contributed by atoms with E-state index < -0.39 is 11.7 Å². The zero-order valence-electron chi connectivity index (χ0n) is 24.2. The predicted octanol–water partition coefficient (Wildman–Crippen LogP) is 5.68. The third kappa shape index (κ3) is 8.86. The van der Waals surface area contributed by atoms with Gasteiger partial charge in [-0.3, -0.25) is 9.59 Å². The van der Waals surface area contributed by atoms with Crippen LogP contribution in [0.1, 0.15) is 85.6 Å². The van der Waals surface area contributed by atoms with E-state index in [1.807, 2.05) is 45.9 Å². The van der Waals surface area contributed by atoms with Gasteiger partial charge in [0.25, 0.3) is 11.5 Å². The van der Waals surface area contributed by atoms with Crippen molar-refractivity contribution in [2.75, 3.05) is 0 Å². The van der Waals surface area contributed by atoms with Crippen LogP contribution in [0.2, 0.25) is 0 Å². The average Bonchev–Trinajstić information content (AvgIpc) is 2.87. The van der Waals surface area contributed by atoms with E-state index in [0.29, 0.717) is 29.7 Å². The summed E-state index contributed by atoms with van der Waals surface area (Å²) in [6.45, 7) is 15.1. The average molecular weight is 550 g/mol. The lowest BCUT2D eigenvalue weighted by Crippen LogP contribution is -2.42. The molecule has 216 valence electrons. The van der Waals surface area contributed by atoms with Gasteiger partial charge in [-0.05, 0) is 96.4 Å². The lowest BCUT2D eigenvalue weighted by atomic mass is 9.93. The molecule has 1 aromatic carbocycles. The molecule has 40 heavy (non-hydrogen) atoms. The minimum Gasteiger partial charge on any atom is -0.490 e. The number of hydrogen-bond acceptors (Lipinski definition) is 5. The number of allylic oxidation sites excluding steroid dienone is 2. The molecule has 0 bridgehead atoms. The number of aromatic nitrogens is 1. The number of aromatic amines is 1. The highest BCUT2D eigenvalue weighted by Crippen LogP contribution is 2.29. The van der Waals surface area contributed by atoms with Crippen LogP contribution >= 0.6 is 0 Å². The maximum absolute atomic E-state index is 13.3. The maximum atomic E-state index is 13.3. The zero-order valence-corrected chi connectivity index (χ0v) is 24.2. The Bertz CT molecular complexity index is 1270. The van der Waals surface area contributed by atoms with Crippen molar-refractivity contribution in [3.05, 3.63) is 87.9 Å². The summed E-state index contributed by atoms with van der Waals surface area (Å²) in [6, 6.07) is 7.43. The first kappa shape index (κ1) is 30.7. The summed E-state index contributed by atoms with van der Waals surface area (Å²) in [7, 11) is 0. The van der Waals surface area contributed by atoms with Crippen LogP contribution in [0.25, 0.3) is 0 Å². The Morgan fingerprint density at radius 1 is 1.10 bits per heavy atom. The lowest BCUT2D eigenvalue weighted by molar-refractivity contribution is 0.0470. The van der Waals surface area contributed by atoms with Crippen LogP contribution in [0, 0.1) is 6.92 Å². The van der Waals surface area contributed by atoms with Gasteiger partial charge in [0.1, 0.15) is 11.4 Å². The van der Waals surface area contributed by atoms with Crippen LogP contribution in [0.5, 0.6) is 5.75 Å². The highest BCUT2D eigenvalue weighted by atomic mass is 16.6. The number of pyridine rings is 1. The fourth-order valence-electron chi connectivity index (χ4n) is 4.95. The molecule has 2 aromatic rings. The molecule has 1 aromatic heterocycles. The number of hydrogen-bond donors (Lipinski definition) is 3. The molecule has 0 unspecified atom stereocenters. The predicted molar refractivity (Wildman–Crippen MR) is 158 cm³/mol. The van der Waals surface area contributed by atoms with Gasteiger partial charge in [0.15, 0.2) is 0 Å². The molecule has 3 rings (SSSR count). The summed E-state index contributed by atoms with van der Waals surface area (Å²) in [5.74, 6) is 0.373. The molecule has 8 heteroatoms. The van der Waals surface area contributed by atoms with Gasteiger partial charge in [-0.25, -0.2) is 4.79 Å². The summed E-state index contributed by atoms with van der Waals surface area (Å²) in [4.78, 5) is 40.9. The molecule has 0 atom stereocenters. The number of ether oxygens (including phenoxy) is 2. The number of amides is 2. The molecule has 1 fully saturated rings. The van der Waals surface area contributed by atoms with E-state index in [0.717, 1.165) is 48.9 Å². The summed E-state index contributed by atoms with van der Waals surface area (Å²) < 4.78 is 11.8. The SMILES string of the molecule is C=CCCc1cc(C)[nH]c(=O)c1CNC(=O)c1cccc(O[C@H]2CC[C@H](NC(=O)OC(C)(C)C)CC2)c1CC=C. The van der Waals surface area contributed by atoms with Crippen LogP contribution < -0.4 is 20.9 Å². The number of rotatable bonds is 11. The molecule has 1 aliphatic carbocycles. The van der Waals surface area contributed by atoms with Crippen molar-refractivity contribution in [1.82, 2.24) is 15.6 Å². The molecule has 0 radical (unpaired) electrons. The highest BCUT2D eigenvalue weighted by Gasteiger charge is 2.27. The van der Waals surface area contributed by atoms with Crippen molar-refractivity contribution in [3.63, 3.8) is 0 Å². The first-order chi connectivity index (χ1) is 19.0. The second kappa shape index (κ2) is 14.0. The number of benzene rings is 1. The Hall–Kier alpha value is -3.81. The molecule has 1 aliphatic rings. The number of alkyl carbamates (subject to hydrolysis) is 1. The smallest absolute Gasteiger partial charge is 0.407 e. The topological polar surface area (TPSA) is 110 Å². The van der Waals surface area contributed by atoms with E-state index in [-0.39, 0.29) is 30.2 Å². The monoisotopic (exact) mass is 549 g/mol. The number of aryl methyl sites for hydroxylation is 2. The molecule has 0 aliphatic heterocycles. The van der Waals surface area contributed by atoms with E-state index in [2.05, 4.69) is 28.8 Å². The van der Waals surface area contributed by atoms with Gasteiger partial charge in [-0.15, -0.1) is 13.2 Å². The minimum atomic E-state index is -0.535. The van der Waals surface area contributed by atoms with Gasteiger partial charge in [0.05, 0.1) is 6.10 Å². The largest absolute Gasteiger partial charge is 0.490 e. The Morgan fingerprint density at radius 3 is 2.48 bits per heavy atom. The van der Waals surface area contributed by atoms with Gasteiger partial charge in [0.2, 0.25) is 0 Å². The van der Waals surface area contributed by atoms with Crippen LogP contribution in [0.3, 0.4) is 0 Å². The minimum absolute atomic E-state index is 0.0305. The fraction of sp³-hybridized carbons (Fsp3) is 0.469. The van der Waals surface area contributed by atoms with Gasteiger partial charge in [-0.2, -0.15) is 0 Å². The van der Waals surface area contributed by atoms with Crippen molar-refractivity contribution in [2.24, 2.45) is 0 Å². The second-order valence-corrected chi connectivity index (χ2v) is 11.3. The molecule has 0 spiro atoms. The van der Waals surface area contributed by atoms with E-state index >= 15 is 0 Å². The van der Waals surface area contributed by atoms with Crippen molar-refractivity contribution in [2.45, 2.75) is 96.9 Å². The number of nitrogens with one attached hydrogen (secondary N) is 3. The Kier molecular flexibility index (Phi) is 10.8. The summed E-state index contributed by atoms with van der Waals surface area (Å²) in [5, 5.41) is 5.89. The maximum Gasteiger partial charge on any atom is 0.407 e. The molecular weight excluding hydrogens is 506 g/mol. The van der Waals surface area contributed by atoms with Crippen LogP contribution in [-0.2, 0) is 24.1 Å². The molecule has 0 saturated heterocycles. The van der Waals surface area contributed by atoms with Gasteiger partial charge < -0.3 is 25.1 Å². The van der Waals surface area contributed by atoms with Gasteiger partial charge >= 0.3 is 6.09 Å². The Morgan fingerprint density at radius 2 is 1.82 bits per heavy atom. The van der Waals surface area contributed by atoms with E-state index in [4.69, 9.17) is 9.47 Å². The third-order valence-electron chi connectivity index (χ3n) is 6.82. The van der Waals surface area contributed by atoms with Crippen molar-refractivity contribution >= 4 is 12.0 Å². The Balaban J connectivity index is 1.67. The van der Waals surface area contributed by atoms with Crippen molar-refractivity contribution in [1.29, 1.82) is 0 Å². The molecule has 3 N–H and O–H groups in total. The van der Waals surface area contributed by atoms with Crippen LogP contribution in [-0.4, -0.2) is 34.7 Å². The molecule has 8 nitrogen and oxygen atoms in total. The number of H-pyrrole nitrogens is 1. The zero-order chi connectivity index (χ0) is 29.3. The van der Waals surface area contributed by atoms with Gasteiger partial charge in [-0.1, -0.05) is 18.2 Å². The van der Waals surface area contributed by atoms with Crippen molar-refractivity contribution < 1.29 is 19.1 Å². The first-order valence-electron chi connectivity index (χ1n) is 14.0. The standard InChI is InChI=1S/C32H43N3O5/c1-7-9-12-22-19-21(3)34-30(37)27(22)20-33-29(36)26-13-10-14-28(25(26)11-8-2)39-24-17-15-23(16-18-24)35-31(38)40-32(4,5)6/h7-8,10,13-14,19,23-24H,1-2,9,11-12,15-18,20H2,3-6H3,(H,33,36)(H,34,37)(H,35,38)/t23-,24-. The molecule has 2 amide bonds. The van der Waals surface area contributed by atoms with Gasteiger partial charge in [0, 0.05) is 35.0 Å². The molecule has 1 saturated carbocycles. The Labute approximate surface area is 237 Å². The van der Waals surface area contributed by atoms with E-state index in [1.54, 1.807) is 18.2 Å². The quantitative estimate of drug-likeness (QED) is 0.313. The summed E-state index contributed by atoms with van der Waals surface area (Å²) >= 11 is 0. The number of carbonyl (C=O) groups is 2. The first-order valence-corrected chi connectivity index (χ1v) is 14.0. The van der Waals surface area contributed by atoms with Crippen LogP contribution in [0.4, 0.5) is 4.79 Å². The summed E-state index contributed by atoms with van der Waals surface area (Å²) in [6.07, 6.45) is 8.12. The normalized spacial score (nSPS) is 17.0.